The standard InChI is InChI=1S/C56H70N10O14S/c1-30(2)23-45(56(79)80)65-50(73)40(18-19-47(68)69)60-54(77)46-13-8-21-66(46)55(78)44(26-33-29-59-39-12-7-5-10-36(33)39)64-52(75)42(25-32-28-58-38-11-6-4-9-35(32)38)62-53(76)43(27-48(70)71)63-51(74)41(24-31-14-16-34(67)17-15-31)61-49(72)37(57)20-22-81-3/h4-7,9-12,14-17,28-30,37,40-46,58-59,67H,8,13,18-27,57H2,1-3H3,(H,60,77)(H,61,72)(H,62,76)(H,63,74)(H,64,75)(H,65,73)(H,68,69)(H,70,71)(H,79,80)/t37-,40-,41-,42-,43-,44-,45-,46-/m0/s1. The maximum Gasteiger partial charge on any atom is 0.326 e. The number of aromatic hydroxyl groups is 1. The molecule has 14 N–H and O–H groups in total. The Morgan fingerprint density at radius 1 is 0.630 bits per heavy atom. The highest BCUT2D eigenvalue weighted by Crippen LogP contribution is 2.25. The number of phenolic OH excluding ortho intramolecular Hbond substituents is 1. The Morgan fingerprint density at radius 3 is 1.72 bits per heavy atom. The molecule has 81 heavy (non-hydrogen) atoms. The monoisotopic (exact) mass is 1140 g/mol. The van der Waals surface area contributed by atoms with Gasteiger partial charge in [-0.15, -0.1) is 0 Å². The number of rotatable bonds is 30. The Kier molecular flexibility index (Phi) is 22.2. The molecule has 24 nitrogen and oxygen atoms in total. The Bertz CT molecular complexity index is 3070. The number of nitrogens with one attached hydrogen (secondary N) is 8. The number of nitrogens with two attached hydrogens (primary N) is 1. The minimum atomic E-state index is -1.85. The molecular weight excluding hydrogens is 1070 g/mol. The first-order valence-electron chi connectivity index (χ1n) is 26.5. The van der Waals surface area contributed by atoms with Crippen LogP contribution in [0.4, 0.5) is 0 Å². The van der Waals surface area contributed by atoms with Gasteiger partial charge in [-0.2, -0.15) is 11.8 Å². The van der Waals surface area contributed by atoms with Gasteiger partial charge < -0.3 is 72.9 Å². The molecule has 5 aromatic rings. The Labute approximate surface area is 470 Å². The van der Waals surface area contributed by atoms with Gasteiger partial charge in [-0.05, 0) is 91.0 Å². The molecule has 7 amide bonds. The number of aromatic amines is 2. The van der Waals surface area contributed by atoms with Crippen molar-refractivity contribution >= 4 is 92.8 Å². The molecule has 1 saturated heterocycles. The van der Waals surface area contributed by atoms with Crippen LogP contribution in [0.15, 0.2) is 85.2 Å². The van der Waals surface area contributed by atoms with Gasteiger partial charge in [-0.1, -0.05) is 62.4 Å². The normalized spacial score (nSPS) is 15.8. The third-order valence-corrected chi connectivity index (χ3v) is 14.5. The highest BCUT2D eigenvalue weighted by atomic mass is 32.2. The Morgan fingerprint density at radius 2 is 1.15 bits per heavy atom. The highest BCUT2D eigenvalue weighted by molar-refractivity contribution is 7.98. The molecule has 0 radical (unpaired) electrons. The van der Waals surface area contributed by atoms with E-state index in [0.717, 1.165) is 0 Å². The molecule has 6 rings (SSSR count). The molecule has 2 aromatic heterocycles. The van der Waals surface area contributed by atoms with E-state index in [1.165, 1.54) is 40.9 Å². The number of fused-ring (bicyclic) bond motifs is 2. The number of phenols is 1. The number of nitrogens with zero attached hydrogens (tertiary/aromatic N) is 1. The summed E-state index contributed by atoms with van der Waals surface area (Å²) in [5, 5.41) is 56.2. The van der Waals surface area contributed by atoms with Gasteiger partial charge >= 0.3 is 17.9 Å². The number of H-pyrrole nitrogens is 2. The van der Waals surface area contributed by atoms with Gasteiger partial charge in [-0.25, -0.2) is 4.79 Å². The summed E-state index contributed by atoms with van der Waals surface area (Å²) >= 11 is 1.45. The lowest BCUT2D eigenvalue weighted by Crippen LogP contribution is -2.61. The molecule has 0 aliphatic carbocycles. The summed E-state index contributed by atoms with van der Waals surface area (Å²) < 4.78 is 0. The summed E-state index contributed by atoms with van der Waals surface area (Å²) in [7, 11) is 0. The van der Waals surface area contributed by atoms with Gasteiger partial charge in [0.1, 0.15) is 48.0 Å². The molecule has 0 spiro atoms. The highest BCUT2D eigenvalue weighted by Gasteiger charge is 2.41. The predicted molar refractivity (Wildman–Crippen MR) is 299 cm³/mol. The number of likely N-dealkylation sites (tertiary alicyclic amines) is 1. The first kappa shape index (κ1) is 61.8. The van der Waals surface area contributed by atoms with E-state index in [1.54, 1.807) is 74.8 Å². The van der Waals surface area contributed by atoms with Crippen LogP contribution in [-0.4, -0.2) is 161 Å². The zero-order valence-electron chi connectivity index (χ0n) is 45.1. The quantitative estimate of drug-likeness (QED) is 0.0312. The van der Waals surface area contributed by atoms with Crippen molar-refractivity contribution in [1.82, 2.24) is 46.8 Å². The minimum Gasteiger partial charge on any atom is -0.508 e. The van der Waals surface area contributed by atoms with Gasteiger partial charge in [-0.3, -0.25) is 43.2 Å². The van der Waals surface area contributed by atoms with Crippen LogP contribution < -0.4 is 37.6 Å². The number of aromatic nitrogens is 2. The number of carbonyl (C=O) groups excluding carboxylic acids is 7. The molecule has 1 fully saturated rings. The van der Waals surface area contributed by atoms with Crippen LogP contribution in [0.1, 0.15) is 75.5 Å². The van der Waals surface area contributed by atoms with E-state index >= 15 is 9.59 Å². The van der Waals surface area contributed by atoms with E-state index in [4.69, 9.17) is 5.73 Å². The van der Waals surface area contributed by atoms with E-state index in [-0.39, 0.29) is 56.7 Å². The van der Waals surface area contributed by atoms with Crippen LogP contribution in [0.2, 0.25) is 0 Å². The minimum absolute atomic E-state index is 0.00263. The Balaban J connectivity index is 1.31. The number of benzene rings is 3. The van der Waals surface area contributed by atoms with Crippen molar-refractivity contribution in [3.05, 3.63) is 102 Å². The second-order valence-corrected chi connectivity index (χ2v) is 21.4. The molecule has 434 valence electrons. The van der Waals surface area contributed by atoms with Crippen LogP contribution in [0.25, 0.3) is 21.8 Å². The second-order valence-electron chi connectivity index (χ2n) is 20.4. The lowest BCUT2D eigenvalue weighted by atomic mass is 10.00. The number of hydrogen-bond acceptors (Lipinski definition) is 13. The van der Waals surface area contributed by atoms with E-state index < -0.39 is 127 Å². The van der Waals surface area contributed by atoms with Crippen molar-refractivity contribution in [2.24, 2.45) is 11.7 Å². The summed E-state index contributed by atoms with van der Waals surface area (Å²) in [6, 6.07) is 8.60. The zero-order valence-corrected chi connectivity index (χ0v) is 45.9. The fourth-order valence-corrected chi connectivity index (χ4v) is 10.1. The number of carboxylic acid groups (broad SMARTS) is 3. The van der Waals surface area contributed by atoms with Crippen LogP contribution in [0, 0.1) is 5.92 Å². The number of carboxylic acids is 3. The number of hydrogen-bond donors (Lipinski definition) is 13. The third-order valence-electron chi connectivity index (χ3n) is 13.9. The zero-order chi connectivity index (χ0) is 58.9. The van der Waals surface area contributed by atoms with Crippen molar-refractivity contribution in [3.63, 3.8) is 0 Å². The maximum absolute atomic E-state index is 15.1. The van der Waals surface area contributed by atoms with Crippen molar-refractivity contribution in [3.8, 4) is 5.75 Å². The van der Waals surface area contributed by atoms with E-state index in [9.17, 15) is 58.8 Å². The molecule has 0 saturated carbocycles. The topological polar surface area (TPSA) is 385 Å². The number of aliphatic carboxylic acids is 3. The average Bonchev–Trinajstić information content (AvgIpc) is 4.43. The number of thioether (sulfide) groups is 1. The maximum atomic E-state index is 15.1. The van der Waals surface area contributed by atoms with Crippen molar-refractivity contribution in [1.29, 1.82) is 0 Å². The van der Waals surface area contributed by atoms with Gasteiger partial charge in [0.2, 0.25) is 41.4 Å². The third kappa shape index (κ3) is 17.5. The number of amides is 7. The van der Waals surface area contributed by atoms with Gasteiger partial charge in [0.15, 0.2) is 0 Å². The molecule has 0 unspecified atom stereocenters. The molecule has 3 aromatic carbocycles. The molecule has 1 aliphatic heterocycles. The number of carbonyl (C=O) groups is 10. The molecule has 25 heteroatoms. The van der Waals surface area contributed by atoms with Crippen LogP contribution in [0.3, 0.4) is 0 Å². The summed E-state index contributed by atoms with van der Waals surface area (Å²) in [6.45, 7) is 3.51. The van der Waals surface area contributed by atoms with Crippen molar-refractivity contribution in [2.75, 3.05) is 18.6 Å². The summed E-state index contributed by atoms with van der Waals surface area (Å²) in [5.74, 6) is -10.0. The first-order chi connectivity index (χ1) is 38.6. The molecular formula is C56H70N10O14S. The Hall–Kier alpha value is -8.45. The first-order valence-corrected chi connectivity index (χ1v) is 27.9. The van der Waals surface area contributed by atoms with Crippen molar-refractivity contribution in [2.45, 2.75) is 126 Å². The smallest absolute Gasteiger partial charge is 0.326 e. The van der Waals surface area contributed by atoms with E-state index in [2.05, 4.69) is 41.9 Å². The SMILES string of the molecule is CSCC[C@H](N)C(=O)N[C@@H](Cc1ccc(O)cc1)C(=O)N[C@@H](CC(=O)O)C(=O)N[C@@H](Cc1c[nH]c2ccccc12)C(=O)N[C@@H](Cc1c[nH]c2ccccc12)C(=O)N1CCC[C@H]1C(=O)N[C@@H](CCC(=O)O)C(=O)N[C@@H](CC(C)C)C(=O)O. The van der Waals surface area contributed by atoms with Crippen LogP contribution >= 0.6 is 11.8 Å². The predicted octanol–water partition coefficient (Wildman–Crippen LogP) is 1.83. The average molecular weight is 1140 g/mol. The van der Waals surface area contributed by atoms with Crippen LogP contribution in [-0.2, 0) is 67.2 Å². The molecule has 1 aliphatic rings. The molecule has 8 atom stereocenters. The fraction of sp³-hybridized carbons (Fsp3) is 0.429. The number of para-hydroxylation sites is 2. The van der Waals surface area contributed by atoms with Gasteiger partial charge in [0.25, 0.3) is 0 Å². The second kappa shape index (κ2) is 29.1. The summed E-state index contributed by atoms with van der Waals surface area (Å²) in [4.78, 5) is 144. The summed E-state index contributed by atoms with van der Waals surface area (Å²) in [5.41, 5.74) is 9.10. The van der Waals surface area contributed by atoms with E-state index in [1.807, 2.05) is 6.26 Å². The fourth-order valence-electron chi connectivity index (χ4n) is 9.66. The molecule has 0 bridgehead atoms. The lowest BCUT2D eigenvalue weighted by Gasteiger charge is -2.31. The van der Waals surface area contributed by atoms with Crippen molar-refractivity contribution < 1.29 is 68.4 Å². The molecule has 3 heterocycles. The summed E-state index contributed by atoms with van der Waals surface area (Å²) in [6.07, 6.45) is 3.24. The van der Waals surface area contributed by atoms with Gasteiger partial charge in [0, 0.05) is 66.4 Å². The lowest BCUT2D eigenvalue weighted by molar-refractivity contribution is -0.144. The largest absolute Gasteiger partial charge is 0.508 e. The van der Waals surface area contributed by atoms with Gasteiger partial charge in [0.05, 0.1) is 12.5 Å². The van der Waals surface area contributed by atoms with E-state index in [0.29, 0.717) is 50.7 Å². The van der Waals surface area contributed by atoms with Crippen LogP contribution in [0.5, 0.6) is 5.75 Å².